The lowest BCUT2D eigenvalue weighted by Gasteiger charge is -2.55. The maximum absolute atomic E-state index is 11.9. The summed E-state index contributed by atoms with van der Waals surface area (Å²) in [5.74, 6) is -1.07. The van der Waals surface area contributed by atoms with Crippen LogP contribution in [0.4, 0.5) is 0 Å². The average Bonchev–Trinajstić information content (AvgIpc) is 2.12. The second kappa shape index (κ2) is 3.03. The van der Waals surface area contributed by atoms with Gasteiger partial charge in [-0.3, -0.25) is 9.59 Å². The van der Waals surface area contributed by atoms with Gasteiger partial charge in [0.2, 0.25) is 0 Å². The Morgan fingerprint density at radius 1 is 1.12 bits per heavy atom. The molecule has 0 spiro atoms. The summed E-state index contributed by atoms with van der Waals surface area (Å²) in [5.41, 5.74) is -0.806. The fraction of sp³-hybridized carbons (Fsp3) is 0.846. The normalized spacial score (nSPS) is 47.1. The number of hydrogen-bond acceptors (Lipinski definition) is 4. The lowest BCUT2D eigenvalue weighted by molar-refractivity contribution is -0.229. The van der Waals surface area contributed by atoms with Gasteiger partial charge in [-0.05, 0) is 46.0 Å². The highest BCUT2D eigenvalue weighted by Gasteiger charge is 2.61. The minimum atomic E-state index is -0.679. The molecule has 4 heteroatoms. The van der Waals surface area contributed by atoms with Gasteiger partial charge in [0.1, 0.15) is 11.2 Å². The van der Waals surface area contributed by atoms with Gasteiger partial charge in [0, 0.05) is 5.92 Å². The summed E-state index contributed by atoms with van der Waals surface area (Å²) < 4.78 is 10.9. The van der Waals surface area contributed by atoms with Crippen molar-refractivity contribution in [3.05, 3.63) is 0 Å². The summed E-state index contributed by atoms with van der Waals surface area (Å²) >= 11 is 0. The number of carbonyl (C=O) groups is 2. The zero-order valence-corrected chi connectivity index (χ0v) is 10.5. The van der Waals surface area contributed by atoms with Crippen LogP contribution in [-0.2, 0) is 19.1 Å². The number of ether oxygens (including phenoxy) is 2. The molecule has 4 atom stereocenters. The molecule has 2 heterocycles. The van der Waals surface area contributed by atoms with E-state index in [2.05, 4.69) is 0 Å². The van der Waals surface area contributed by atoms with Crippen LogP contribution < -0.4 is 0 Å². The predicted octanol–water partition coefficient (Wildman–Crippen LogP) is 1.67. The summed E-state index contributed by atoms with van der Waals surface area (Å²) in [6.45, 7) is 5.88. The monoisotopic (exact) mass is 238 g/mol. The molecule has 2 bridgehead atoms. The topological polar surface area (TPSA) is 52.6 Å². The Balaban J connectivity index is 2.02. The Morgan fingerprint density at radius 2 is 1.76 bits per heavy atom. The molecule has 1 saturated carbocycles. The van der Waals surface area contributed by atoms with Crippen molar-refractivity contribution < 1.29 is 19.1 Å². The van der Waals surface area contributed by atoms with E-state index in [1.165, 1.54) is 0 Å². The molecule has 0 unspecified atom stereocenters. The third-order valence-corrected chi connectivity index (χ3v) is 4.71. The van der Waals surface area contributed by atoms with Gasteiger partial charge in [-0.15, -0.1) is 0 Å². The summed E-state index contributed by atoms with van der Waals surface area (Å²) in [4.78, 5) is 23.8. The van der Waals surface area contributed by atoms with Crippen molar-refractivity contribution in [3.8, 4) is 0 Å². The highest BCUT2D eigenvalue weighted by molar-refractivity contribution is 5.96. The SMILES string of the molecule is CC1(C)OC(=O)[C@@H]2C(=O)O[C@]3(C)CC[C@H]1[C@H]2C3. The maximum Gasteiger partial charge on any atom is 0.321 e. The molecule has 17 heavy (non-hydrogen) atoms. The lowest BCUT2D eigenvalue weighted by atomic mass is 9.59. The molecule has 3 fully saturated rings. The van der Waals surface area contributed by atoms with Crippen LogP contribution in [0.15, 0.2) is 0 Å². The minimum Gasteiger partial charge on any atom is -0.459 e. The quantitative estimate of drug-likeness (QED) is 0.476. The van der Waals surface area contributed by atoms with Crippen molar-refractivity contribution >= 4 is 11.9 Å². The van der Waals surface area contributed by atoms with Crippen LogP contribution in [0.25, 0.3) is 0 Å². The second-order valence-corrected chi connectivity index (χ2v) is 6.39. The Hall–Kier alpha value is -1.06. The standard InChI is InChI=1S/C13H18O4/c1-12(2)8-4-5-13(3)6-7(8)9(10(14)16-12)11(15)17-13/h7-9H,4-6H2,1-3H3/t7-,8+,9-,13-/m1/s1. The molecule has 0 radical (unpaired) electrons. The van der Waals surface area contributed by atoms with Crippen LogP contribution in [0.2, 0.25) is 0 Å². The van der Waals surface area contributed by atoms with Gasteiger partial charge in [-0.25, -0.2) is 0 Å². The van der Waals surface area contributed by atoms with E-state index in [4.69, 9.17) is 9.47 Å². The van der Waals surface area contributed by atoms with Gasteiger partial charge < -0.3 is 9.47 Å². The number of rotatable bonds is 0. The Bertz CT molecular complexity index is 392. The number of carbonyl (C=O) groups excluding carboxylic acids is 2. The van der Waals surface area contributed by atoms with Gasteiger partial charge in [0.05, 0.1) is 0 Å². The van der Waals surface area contributed by atoms with E-state index in [1.807, 2.05) is 20.8 Å². The third kappa shape index (κ3) is 1.42. The molecule has 0 aromatic rings. The molecular weight excluding hydrogens is 220 g/mol. The van der Waals surface area contributed by atoms with Crippen LogP contribution in [0, 0.1) is 17.8 Å². The predicted molar refractivity (Wildman–Crippen MR) is 59.0 cm³/mol. The third-order valence-electron chi connectivity index (χ3n) is 4.71. The van der Waals surface area contributed by atoms with Gasteiger partial charge in [-0.1, -0.05) is 0 Å². The van der Waals surface area contributed by atoms with Gasteiger partial charge in [0.15, 0.2) is 5.92 Å². The van der Waals surface area contributed by atoms with Crippen molar-refractivity contribution in [2.45, 2.75) is 51.2 Å². The largest absolute Gasteiger partial charge is 0.459 e. The first kappa shape index (κ1) is 11.1. The van der Waals surface area contributed by atoms with E-state index in [9.17, 15) is 9.59 Å². The zero-order valence-electron chi connectivity index (χ0n) is 10.5. The molecule has 0 N–H and O–H groups in total. The Labute approximate surface area is 101 Å². The van der Waals surface area contributed by atoms with Crippen LogP contribution in [0.5, 0.6) is 0 Å². The highest BCUT2D eigenvalue weighted by atomic mass is 16.6. The van der Waals surface area contributed by atoms with Crippen LogP contribution in [0.1, 0.15) is 40.0 Å². The molecule has 2 aliphatic heterocycles. The first-order valence-corrected chi connectivity index (χ1v) is 6.28. The number of cyclic esters (lactones) is 1. The van der Waals surface area contributed by atoms with Crippen molar-refractivity contribution in [1.82, 2.24) is 0 Å². The molecule has 0 aromatic carbocycles. The van der Waals surface area contributed by atoms with E-state index < -0.39 is 17.5 Å². The molecule has 94 valence electrons. The fourth-order valence-electron chi connectivity index (χ4n) is 3.87. The van der Waals surface area contributed by atoms with E-state index >= 15 is 0 Å². The molecule has 3 rings (SSSR count). The lowest BCUT2D eigenvalue weighted by Crippen LogP contribution is -2.62. The van der Waals surface area contributed by atoms with Crippen LogP contribution in [0.3, 0.4) is 0 Å². The average molecular weight is 238 g/mol. The van der Waals surface area contributed by atoms with Crippen molar-refractivity contribution in [2.24, 2.45) is 17.8 Å². The molecular formula is C13H18O4. The number of hydrogen-bond donors (Lipinski definition) is 0. The molecule has 0 amide bonds. The van der Waals surface area contributed by atoms with Crippen molar-refractivity contribution in [2.75, 3.05) is 0 Å². The number of esters is 2. The van der Waals surface area contributed by atoms with Crippen LogP contribution >= 0.6 is 0 Å². The Kier molecular flexibility index (Phi) is 1.97. The summed E-state index contributed by atoms with van der Waals surface area (Å²) in [6, 6.07) is 0. The molecule has 1 aliphatic carbocycles. The zero-order chi connectivity index (χ0) is 12.4. The molecule has 2 saturated heterocycles. The molecule has 0 aromatic heterocycles. The number of fused-ring (bicyclic) bond motifs is 1. The Morgan fingerprint density at radius 3 is 2.47 bits per heavy atom. The van der Waals surface area contributed by atoms with Crippen LogP contribution in [-0.4, -0.2) is 23.1 Å². The van der Waals surface area contributed by atoms with E-state index in [0.717, 1.165) is 19.3 Å². The summed E-state index contributed by atoms with van der Waals surface area (Å²) in [7, 11) is 0. The summed E-state index contributed by atoms with van der Waals surface area (Å²) in [6.07, 6.45) is 2.63. The van der Waals surface area contributed by atoms with Gasteiger partial charge >= 0.3 is 11.9 Å². The first-order valence-electron chi connectivity index (χ1n) is 6.28. The van der Waals surface area contributed by atoms with E-state index in [0.29, 0.717) is 0 Å². The first-order chi connectivity index (χ1) is 7.82. The second-order valence-electron chi connectivity index (χ2n) is 6.39. The molecule has 3 aliphatic rings. The van der Waals surface area contributed by atoms with Crippen molar-refractivity contribution in [1.29, 1.82) is 0 Å². The summed E-state index contributed by atoms with van der Waals surface area (Å²) in [5, 5.41) is 0. The van der Waals surface area contributed by atoms with Gasteiger partial charge in [0.25, 0.3) is 0 Å². The van der Waals surface area contributed by atoms with Crippen molar-refractivity contribution in [3.63, 3.8) is 0 Å². The maximum atomic E-state index is 11.9. The fourth-order valence-corrected chi connectivity index (χ4v) is 3.87. The smallest absolute Gasteiger partial charge is 0.321 e. The van der Waals surface area contributed by atoms with Gasteiger partial charge in [-0.2, -0.15) is 0 Å². The highest BCUT2D eigenvalue weighted by Crippen LogP contribution is 2.53. The van der Waals surface area contributed by atoms with E-state index in [-0.39, 0.29) is 23.4 Å². The molecule has 4 nitrogen and oxygen atoms in total. The minimum absolute atomic E-state index is 0.103. The van der Waals surface area contributed by atoms with E-state index in [1.54, 1.807) is 0 Å².